The number of aliphatic hydroxyl groups is 1. The zero-order valence-electron chi connectivity index (χ0n) is 6.58. The van der Waals surface area contributed by atoms with Crippen LogP contribution in [0.15, 0.2) is 22.4 Å². The Hall–Kier alpha value is -0.600. The Bertz CT molecular complexity index is 218. The Morgan fingerprint density at radius 2 is 2.55 bits per heavy atom. The van der Waals surface area contributed by atoms with E-state index in [9.17, 15) is 0 Å². The summed E-state index contributed by atoms with van der Waals surface area (Å²) in [6.07, 6.45) is 2.96. The molecule has 1 N–H and O–H groups in total. The highest BCUT2D eigenvalue weighted by Crippen LogP contribution is 2.12. The van der Waals surface area contributed by atoms with E-state index in [2.05, 4.69) is 18.4 Å². The molecule has 1 heterocycles. The third-order valence-electron chi connectivity index (χ3n) is 1.57. The highest BCUT2D eigenvalue weighted by Gasteiger charge is 1.92. The van der Waals surface area contributed by atoms with Gasteiger partial charge in [-0.3, -0.25) is 0 Å². The summed E-state index contributed by atoms with van der Waals surface area (Å²) in [5.74, 6) is 0. The monoisotopic (exact) mass is 168 g/mol. The molecule has 0 aliphatic heterocycles. The van der Waals surface area contributed by atoms with Crippen molar-refractivity contribution in [1.82, 2.24) is 0 Å². The van der Waals surface area contributed by atoms with Crippen molar-refractivity contribution in [2.45, 2.75) is 13.3 Å². The van der Waals surface area contributed by atoms with E-state index in [-0.39, 0.29) is 6.61 Å². The maximum atomic E-state index is 8.86. The van der Waals surface area contributed by atoms with Gasteiger partial charge in [-0.15, -0.1) is 0 Å². The number of hydrogen-bond acceptors (Lipinski definition) is 2. The van der Waals surface area contributed by atoms with Crippen LogP contribution in [0.5, 0.6) is 0 Å². The molecule has 0 aliphatic carbocycles. The molecule has 1 aromatic rings. The lowest BCUT2D eigenvalue weighted by Gasteiger charge is -1.96. The molecule has 0 radical (unpaired) electrons. The predicted octanol–water partition coefficient (Wildman–Crippen LogP) is 2.53. The summed E-state index contributed by atoms with van der Waals surface area (Å²) in [6.45, 7) is 2.22. The number of thiophene rings is 1. The van der Waals surface area contributed by atoms with Crippen LogP contribution < -0.4 is 0 Å². The molecule has 0 saturated carbocycles. The molecule has 0 spiro atoms. The highest BCUT2D eigenvalue weighted by molar-refractivity contribution is 7.08. The topological polar surface area (TPSA) is 20.2 Å². The van der Waals surface area contributed by atoms with E-state index in [1.165, 1.54) is 5.56 Å². The summed E-state index contributed by atoms with van der Waals surface area (Å²) in [6, 6.07) is 2.05. The number of hydrogen-bond donors (Lipinski definition) is 1. The maximum Gasteiger partial charge on any atom is 0.0644 e. The lowest BCUT2D eigenvalue weighted by Crippen LogP contribution is -1.86. The first kappa shape index (κ1) is 8.50. The number of rotatable bonds is 3. The first-order valence-electron chi connectivity index (χ1n) is 3.69. The molecular formula is C9H12OS. The Labute approximate surface area is 71.0 Å². The lowest BCUT2D eigenvalue weighted by atomic mass is 10.1. The van der Waals surface area contributed by atoms with Gasteiger partial charge in [-0.2, -0.15) is 11.3 Å². The molecule has 11 heavy (non-hydrogen) atoms. The molecule has 0 saturated heterocycles. The maximum absolute atomic E-state index is 8.86. The van der Waals surface area contributed by atoms with Crippen LogP contribution in [0.2, 0.25) is 0 Å². The summed E-state index contributed by atoms with van der Waals surface area (Å²) >= 11 is 1.68. The van der Waals surface area contributed by atoms with Crippen molar-refractivity contribution in [2.24, 2.45) is 0 Å². The van der Waals surface area contributed by atoms with Crippen LogP contribution in [-0.4, -0.2) is 11.7 Å². The number of aliphatic hydroxyl groups excluding tert-OH is 1. The molecule has 1 aromatic heterocycles. The largest absolute Gasteiger partial charge is 0.392 e. The second-order valence-corrected chi connectivity index (χ2v) is 3.15. The van der Waals surface area contributed by atoms with E-state index in [4.69, 9.17) is 5.11 Å². The van der Waals surface area contributed by atoms with Gasteiger partial charge in [-0.05, 0) is 34.4 Å². The highest BCUT2D eigenvalue weighted by atomic mass is 32.1. The molecule has 0 amide bonds. The van der Waals surface area contributed by atoms with Crippen molar-refractivity contribution < 1.29 is 5.11 Å². The van der Waals surface area contributed by atoms with E-state index in [0.29, 0.717) is 0 Å². The van der Waals surface area contributed by atoms with Crippen molar-refractivity contribution in [3.8, 4) is 0 Å². The lowest BCUT2D eigenvalue weighted by molar-refractivity contribution is 0.329. The van der Waals surface area contributed by atoms with Crippen LogP contribution in [0.4, 0.5) is 0 Å². The van der Waals surface area contributed by atoms with Gasteiger partial charge in [0.05, 0.1) is 6.61 Å². The van der Waals surface area contributed by atoms with Crippen LogP contribution in [0, 0.1) is 0 Å². The molecule has 2 heteroatoms. The van der Waals surface area contributed by atoms with Crippen LogP contribution in [0.1, 0.15) is 18.9 Å². The summed E-state index contributed by atoms with van der Waals surface area (Å²) < 4.78 is 0. The van der Waals surface area contributed by atoms with Crippen molar-refractivity contribution in [3.05, 3.63) is 28.0 Å². The Kier molecular flexibility index (Phi) is 3.33. The average molecular weight is 168 g/mol. The molecule has 0 unspecified atom stereocenters. The first-order chi connectivity index (χ1) is 5.36. The van der Waals surface area contributed by atoms with E-state index in [0.717, 1.165) is 12.0 Å². The van der Waals surface area contributed by atoms with Crippen molar-refractivity contribution in [1.29, 1.82) is 0 Å². The minimum atomic E-state index is 0.173. The van der Waals surface area contributed by atoms with Crippen molar-refractivity contribution >= 4 is 17.4 Å². The Morgan fingerprint density at radius 1 is 1.73 bits per heavy atom. The van der Waals surface area contributed by atoms with E-state index in [1.807, 2.05) is 11.5 Å². The van der Waals surface area contributed by atoms with Crippen LogP contribution in [0.3, 0.4) is 0 Å². The Morgan fingerprint density at radius 3 is 3.00 bits per heavy atom. The van der Waals surface area contributed by atoms with Crippen LogP contribution >= 0.6 is 11.3 Å². The normalized spacial score (nSPS) is 12.0. The summed E-state index contributed by atoms with van der Waals surface area (Å²) in [5, 5.41) is 13.0. The van der Waals surface area contributed by atoms with E-state index in [1.54, 1.807) is 11.3 Å². The fourth-order valence-electron chi connectivity index (χ4n) is 0.852. The first-order valence-corrected chi connectivity index (χ1v) is 4.63. The minimum absolute atomic E-state index is 0.173. The second-order valence-electron chi connectivity index (χ2n) is 2.37. The standard InChI is InChI=1S/C9H12OS/c1-2-8(6-10)5-9-3-4-11-7-9/h3-5,7,10H,2,6H2,1H3. The van der Waals surface area contributed by atoms with E-state index >= 15 is 0 Å². The molecule has 0 atom stereocenters. The fourth-order valence-corrected chi connectivity index (χ4v) is 1.47. The van der Waals surface area contributed by atoms with Gasteiger partial charge in [-0.25, -0.2) is 0 Å². The Balaban J connectivity index is 2.71. The molecule has 0 aromatic carbocycles. The average Bonchev–Trinajstić information content (AvgIpc) is 2.52. The van der Waals surface area contributed by atoms with Crippen LogP contribution in [0.25, 0.3) is 6.08 Å². The minimum Gasteiger partial charge on any atom is -0.392 e. The zero-order valence-corrected chi connectivity index (χ0v) is 7.40. The van der Waals surface area contributed by atoms with Gasteiger partial charge in [-0.1, -0.05) is 13.0 Å². The van der Waals surface area contributed by atoms with Gasteiger partial charge in [0.15, 0.2) is 0 Å². The smallest absolute Gasteiger partial charge is 0.0644 e. The molecule has 1 rings (SSSR count). The zero-order chi connectivity index (χ0) is 8.10. The van der Waals surface area contributed by atoms with Gasteiger partial charge >= 0.3 is 0 Å². The summed E-state index contributed by atoms with van der Waals surface area (Å²) in [5.41, 5.74) is 2.28. The van der Waals surface area contributed by atoms with Gasteiger partial charge in [0.2, 0.25) is 0 Å². The van der Waals surface area contributed by atoms with Crippen molar-refractivity contribution in [2.75, 3.05) is 6.61 Å². The quantitative estimate of drug-likeness (QED) is 0.735. The molecule has 0 bridgehead atoms. The third kappa shape index (κ3) is 2.48. The summed E-state index contributed by atoms with van der Waals surface area (Å²) in [7, 11) is 0. The van der Waals surface area contributed by atoms with E-state index < -0.39 is 0 Å². The van der Waals surface area contributed by atoms with Gasteiger partial charge in [0, 0.05) is 0 Å². The third-order valence-corrected chi connectivity index (χ3v) is 2.27. The van der Waals surface area contributed by atoms with Gasteiger partial charge in [0.25, 0.3) is 0 Å². The van der Waals surface area contributed by atoms with Gasteiger partial charge in [0.1, 0.15) is 0 Å². The summed E-state index contributed by atoms with van der Waals surface area (Å²) in [4.78, 5) is 0. The SMILES string of the molecule is CCC(=Cc1ccsc1)CO. The molecule has 1 nitrogen and oxygen atoms in total. The second kappa shape index (κ2) is 4.31. The molecular weight excluding hydrogens is 156 g/mol. The molecule has 0 aliphatic rings. The molecule has 60 valence electrons. The fraction of sp³-hybridized carbons (Fsp3) is 0.333. The van der Waals surface area contributed by atoms with Crippen LogP contribution in [-0.2, 0) is 0 Å². The molecule has 0 fully saturated rings. The van der Waals surface area contributed by atoms with Gasteiger partial charge < -0.3 is 5.11 Å². The van der Waals surface area contributed by atoms with Crippen molar-refractivity contribution in [3.63, 3.8) is 0 Å². The predicted molar refractivity (Wildman–Crippen MR) is 49.7 cm³/mol.